The summed E-state index contributed by atoms with van der Waals surface area (Å²) in [6.45, 7) is 8.62. The molecule has 0 saturated carbocycles. The summed E-state index contributed by atoms with van der Waals surface area (Å²) >= 11 is 0. The molecule has 0 spiro atoms. The Hall–Kier alpha value is -1.04. The van der Waals surface area contributed by atoms with Crippen molar-refractivity contribution in [3.63, 3.8) is 0 Å². The van der Waals surface area contributed by atoms with Gasteiger partial charge in [0.05, 0.1) is 25.4 Å². The van der Waals surface area contributed by atoms with Crippen LogP contribution in [-0.2, 0) is 11.2 Å². The summed E-state index contributed by atoms with van der Waals surface area (Å²) in [5.41, 5.74) is -0.374. The van der Waals surface area contributed by atoms with E-state index in [1.165, 1.54) is 12.1 Å². The van der Waals surface area contributed by atoms with Crippen LogP contribution in [0.5, 0.6) is 0 Å². The van der Waals surface area contributed by atoms with E-state index in [-0.39, 0.29) is 30.5 Å². The molecular formula is C19H31F2IN4O2. The summed E-state index contributed by atoms with van der Waals surface area (Å²) in [6.07, 6.45) is 0.462. The van der Waals surface area contributed by atoms with Crippen molar-refractivity contribution in [3.8, 4) is 0 Å². The molecule has 0 bridgehead atoms. The molecule has 1 aromatic carbocycles. The molecule has 1 saturated heterocycles. The summed E-state index contributed by atoms with van der Waals surface area (Å²) in [7, 11) is 0. The Morgan fingerprint density at radius 1 is 1.21 bits per heavy atom. The number of rotatable bonds is 8. The lowest BCUT2D eigenvalue weighted by atomic mass is 10.1. The maximum Gasteiger partial charge on any atom is 0.191 e. The second-order valence-electron chi connectivity index (χ2n) is 7.04. The van der Waals surface area contributed by atoms with E-state index in [1.807, 2.05) is 6.92 Å². The maximum absolute atomic E-state index is 13.2. The second kappa shape index (κ2) is 12.5. The molecular weight excluding hydrogens is 481 g/mol. The van der Waals surface area contributed by atoms with Gasteiger partial charge in [0.2, 0.25) is 0 Å². The number of hydrogen-bond acceptors (Lipinski definition) is 4. The zero-order valence-electron chi connectivity index (χ0n) is 16.5. The fourth-order valence-corrected chi connectivity index (χ4v) is 2.96. The highest BCUT2D eigenvalue weighted by Gasteiger charge is 2.25. The minimum absolute atomic E-state index is 0. The lowest BCUT2D eigenvalue weighted by Gasteiger charge is -2.33. The highest BCUT2D eigenvalue weighted by Crippen LogP contribution is 2.10. The molecule has 2 rings (SSSR count). The van der Waals surface area contributed by atoms with E-state index < -0.39 is 17.2 Å². The first kappa shape index (κ1) is 25.0. The van der Waals surface area contributed by atoms with Crippen LogP contribution >= 0.6 is 24.0 Å². The smallest absolute Gasteiger partial charge is 0.191 e. The highest BCUT2D eigenvalue weighted by molar-refractivity contribution is 14.0. The van der Waals surface area contributed by atoms with Gasteiger partial charge in [-0.2, -0.15) is 0 Å². The van der Waals surface area contributed by atoms with Gasteiger partial charge in [-0.1, -0.05) is 0 Å². The fraction of sp³-hybridized carbons (Fsp3) is 0.632. The Kier molecular flexibility index (Phi) is 11.2. The first-order chi connectivity index (χ1) is 12.9. The summed E-state index contributed by atoms with van der Waals surface area (Å²) < 4.78 is 31.8. The van der Waals surface area contributed by atoms with Gasteiger partial charge in [0, 0.05) is 38.8 Å². The number of hydrogen-bond donors (Lipinski definition) is 3. The third kappa shape index (κ3) is 9.44. The monoisotopic (exact) mass is 512 g/mol. The molecule has 1 fully saturated rings. The van der Waals surface area contributed by atoms with Crippen molar-refractivity contribution in [2.24, 2.45) is 4.99 Å². The largest absolute Gasteiger partial charge is 0.387 e. The third-order valence-electron chi connectivity index (χ3n) is 4.22. The molecule has 0 aromatic heterocycles. The van der Waals surface area contributed by atoms with Crippen molar-refractivity contribution < 1.29 is 18.6 Å². The molecule has 1 aromatic rings. The van der Waals surface area contributed by atoms with Crippen LogP contribution in [0.3, 0.4) is 0 Å². The Morgan fingerprint density at radius 3 is 2.46 bits per heavy atom. The SMILES string of the molecule is CCNC(=NCC(C)(O)CN1CCOCC1)NCCc1cc(F)cc(F)c1.I. The topological polar surface area (TPSA) is 69.1 Å². The number of nitrogens with one attached hydrogen (secondary N) is 2. The summed E-state index contributed by atoms with van der Waals surface area (Å²) in [4.78, 5) is 6.62. The van der Waals surface area contributed by atoms with Gasteiger partial charge in [-0.3, -0.25) is 9.89 Å². The third-order valence-corrected chi connectivity index (χ3v) is 4.22. The number of guanidine groups is 1. The number of halogens is 3. The molecule has 1 aliphatic rings. The number of nitrogens with zero attached hydrogens (tertiary/aromatic N) is 2. The first-order valence-electron chi connectivity index (χ1n) is 9.37. The van der Waals surface area contributed by atoms with Crippen LogP contribution in [0.15, 0.2) is 23.2 Å². The van der Waals surface area contributed by atoms with E-state index in [4.69, 9.17) is 4.74 Å². The maximum atomic E-state index is 13.2. The number of aliphatic imine (C=N–C) groups is 1. The molecule has 160 valence electrons. The molecule has 1 unspecified atom stereocenters. The summed E-state index contributed by atoms with van der Waals surface area (Å²) in [6, 6.07) is 3.50. The summed E-state index contributed by atoms with van der Waals surface area (Å²) in [5.74, 6) is -0.592. The molecule has 9 heteroatoms. The quantitative estimate of drug-likeness (QED) is 0.282. The first-order valence-corrected chi connectivity index (χ1v) is 9.37. The molecule has 0 amide bonds. The molecule has 28 heavy (non-hydrogen) atoms. The van der Waals surface area contributed by atoms with Crippen molar-refractivity contribution >= 4 is 29.9 Å². The second-order valence-corrected chi connectivity index (χ2v) is 7.04. The standard InChI is InChI=1S/C19H30F2N4O2.HI/c1-3-22-18(23-5-4-15-10-16(20)12-17(21)11-15)24-13-19(2,26)14-25-6-8-27-9-7-25;/h10-12,26H,3-9,13-14H2,1-2H3,(H2,22,23,24);1H. The fourth-order valence-electron chi connectivity index (χ4n) is 2.96. The van der Waals surface area contributed by atoms with Gasteiger partial charge >= 0.3 is 0 Å². The predicted octanol–water partition coefficient (Wildman–Crippen LogP) is 1.76. The lowest BCUT2D eigenvalue weighted by molar-refractivity contribution is -0.0179. The predicted molar refractivity (Wildman–Crippen MR) is 117 cm³/mol. The number of aliphatic hydroxyl groups is 1. The Morgan fingerprint density at radius 2 is 1.86 bits per heavy atom. The van der Waals surface area contributed by atoms with Gasteiger partial charge in [0.1, 0.15) is 11.6 Å². The van der Waals surface area contributed by atoms with E-state index in [0.717, 1.165) is 19.2 Å². The van der Waals surface area contributed by atoms with Crippen molar-refractivity contribution in [3.05, 3.63) is 35.4 Å². The Balaban J connectivity index is 0.00000392. The summed E-state index contributed by atoms with van der Waals surface area (Å²) in [5, 5.41) is 16.9. The van der Waals surface area contributed by atoms with Crippen molar-refractivity contribution in [1.82, 2.24) is 15.5 Å². The zero-order valence-corrected chi connectivity index (χ0v) is 18.8. The molecule has 0 aliphatic carbocycles. The molecule has 1 aliphatic heterocycles. The van der Waals surface area contributed by atoms with E-state index in [2.05, 4.69) is 20.5 Å². The van der Waals surface area contributed by atoms with Gasteiger partial charge in [-0.15, -0.1) is 24.0 Å². The Labute approximate surface area is 182 Å². The van der Waals surface area contributed by atoms with E-state index in [1.54, 1.807) is 6.92 Å². The number of ether oxygens (including phenoxy) is 1. The van der Waals surface area contributed by atoms with Crippen LogP contribution in [0.25, 0.3) is 0 Å². The number of β-amino-alcohol motifs (C(OH)–C–C–N with tert-alkyl or cyclic N) is 1. The Bertz CT molecular complexity index is 606. The lowest BCUT2D eigenvalue weighted by Crippen LogP contribution is -2.48. The van der Waals surface area contributed by atoms with Crippen molar-refractivity contribution in [2.45, 2.75) is 25.9 Å². The minimum Gasteiger partial charge on any atom is -0.387 e. The van der Waals surface area contributed by atoms with E-state index in [0.29, 0.717) is 50.8 Å². The highest BCUT2D eigenvalue weighted by atomic mass is 127. The van der Waals surface area contributed by atoms with Crippen LogP contribution in [0.4, 0.5) is 8.78 Å². The van der Waals surface area contributed by atoms with Gasteiger partial charge in [-0.05, 0) is 38.0 Å². The van der Waals surface area contributed by atoms with Crippen LogP contribution in [0, 0.1) is 11.6 Å². The van der Waals surface area contributed by atoms with Crippen LogP contribution in [-0.4, -0.2) is 74.0 Å². The zero-order chi connectivity index (χ0) is 19.7. The van der Waals surface area contributed by atoms with Gasteiger partial charge in [0.15, 0.2) is 5.96 Å². The molecule has 0 radical (unpaired) electrons. The van der Waals surface area contributed by atoms with Gasteiger partial charge in [0.25, 0.3) is 0 Å². The van der Waals surface area contributed by atoms with Crippen molar-refractivity contribution in [1.29, 1.82) is 0 Å². The molecule has 1 heterocycles. The van der Waals surface area contributed by atoms with Crippen LogP contribution < -0.4 is 10.6 Å². The molecule has 3 N–H and O–H groups in total. The van der Waals surface area contributed by atoms with Crippen molar-refractivity contribution in [2.75, 3.05) is 52.5 Å². The minimum atomic E-state index is -0.953. The average molecular weight is 512 g/mol. The van der Waals surface area contributed by atoms with Gasteiger partial charge in [-0.25, -0.2) is 8.78 Å². The van der Waals surface area contributed by atoms with E-state index in [9.17, 15) is 13.9 Å². The van der Waals surface area contributed by atoms with Crippen LogP contribution in [0.2, 0.25) is 0 Å². The molecule has 1 atom stereocenters. The normalized spacial score (nSPS) is 17.5. The van der Waals surface area contributed by atoms with E-state index >= 15 is 0 Å². The average Bonchev–Trinajstić information content (AvgIpc) is 2.59. The van der Waals surface area contributed by atoms with Gasteiger partial charge < -0.3 is 20.5 Å². The molecule has 6 nitrogen and oxygen atoms in total. The van der Waals surface area contributed by atoms with Crippen LogP contribution in [0.1, 0.15) is 19.4 Å². The number of benzene rings is 1. The number of morpholine rings is 1.